The Bertz CT molecular complexity index is 255. The zero-order chi connectivity index (χ0) is 12.1. The summed E-state index contributed by atoms with van der Waals surface area (Å²) in [6, 6.07) is 0. The lowest BCUT2D eigenvalue weighted by molar-refractivity contribution is -0.154. The maximum Gasteiger partial charge on any atom is 0.325 e. The molecule has 0 bridgehead atoms. The van der Waals surface area contributed by atoms with Crippen LogP contribution in [-0.4, -0.2) is 28.5 Å². The lowest BCUT2D eigenvalue weighted by Gasteiger charge is -2.22. The Balaban J connectivity index is 4.16. The first kappa shape index (κ1) is 14.6. The molecule has 5 nitrogen and oxygen atoms in total. The molecule has 0 aliphatic heterocycles. The highest BCUT2D eigenvalue weighted by molar-refractivity contribution is 7.51. The summed E-state index contributed by atoms with van der Waals surface area (Å²) < 4.78 is 15.6. The van der Waals surface area contributed by atoms with Crippen molar-refractivity contribution in [2.75, 3.05) is 12.8 Å². The first-order chi connectivity index (χ1) is 6.69. The molecule has 0 unspecified atom stereocenters. The minimum atomic E-state index is -4.04. The normalized spacial score (nSPS) is 12.6. The van der Waals surface area contributed by atoms with Crippen molar-refractivity contribution >= 4 is 13.6 Å². The van der Waals surface area contributed by atoms with Gasteiger partial charge in [0.1, 0.15) is 0 Å². The number of hydrogen-bond donors (Lipinski definition) is 2. The third kappa shape index (κ3) is 6.66. The van der Waals surface area contributed by atoms with Crippen LogP contribution in [-0.2, 0) is 14.1 Å². The number of rotatable bonds is 6. The molecular formula is C9H19O5P. The van der Waals surface area contributed by atoms with E-state index >= 15 is 0 Å². The smallest absolute Gasteiger partial charge is 0.325 e. The summed E-state index contributed by atoms with van der Waals surface area (Å²) in [4.78, 5) is 28.9. The Kier molecular flexibility index (Phi) is 5.49. The molecule has 6 heteroatoms. The number of esters is 1. The Hall–Kier alpha value is -0.380. The van der Waals surface area contributed by atoms with Gasteiger partial charge in [-0.05, 0) is 26.7 Å². The van der Waals surface area contributed by atoms with Gasteiger partial charge in [-0.2, -0.15) is 0 Å². The second kappa shape index (κ2) is 5.64. The van der Waals surface area contributed by atoms with E-state index < -0.39 is 19.0 Å². The van der Waals surface area contributed by atoms with Crippen molar-refractivity contribution in [3.8, 4) is 0 Å². The van der Waals surface area contributed by atoms with Crippen LogP contribution in [0.15, 0.2) is 0 Å². The summed E-state index contributed by atoms with van der Waals surface area (Å²) in [7, 11) is -4.04. The third-order valence-corrected chi connectivity index (χ3v) is 2.82. The summed E-state index contributed by atoms with van der Waals surface area (Å²) in [5, 5.41) is 0. The van der Waals surface area contributed by atoms with E-state index in [4.69, 9.17) is 14.5 Å². The Labute approximate surface area is 90.0 Å². The fraction of sp³-hybridized carbons (Fsp3) is 0.889. The van der Waals surface area contributed by atoms with Gasteiger partial charge in [-0.25, -0.2) is 0 Å². The van der Waals surface area contributed by atoms with Crippen LogP contribution < -0.4 is 0 Å². The van der Waals surface area contributed by atoms with Crippen LogP contribution in [0, 0.1) is 5.41 Å². The fourth-order valence-electron chi connectivity index (χ4n) is 0.917. The molecule has 0 spiro atoms. The molecule has 0 fully saturated rings. The van der Waals surface area contributed by atoms with Gasteiger partial charge >= 0.3 is 13.6 Å². The maximum atomic E-state index is 11.5. The second-order valence-electron chi connectivity index (χ2n) is 4.16. The van der Waals surface area contributed by atoms with E-state index in [9.17, 15) is 9.36 Å². The van der Waals surface area contributed by atoms with Crippen molar-refractivity contribution in [2.45, 2.75) is 33.6 Å². The highest BCUT2D eigenvalue weighted by atomic mass is 31.2. The molecule has 0 rings (SSSR count). The first-order valence-corrected chi connectivity index (χ1v) is 6.70. The average molecular weight is 238 g/mol. The lowest BCUT2D eigenvalue weighted by atomic mass is 9.90. The number of carbonyl (C=O) groups is 1. The molecular weight excluding hydrogens is 219 g/mol. The first-order valence-electron chi connectivity index (χ1n) is 4.91. The van der Waals surface area contributed by atoms with Gasteiger partial charge in [0.2, 0.25) is 0 Å². The molecule has 0 aliphatic rings. The van der Waals surface area contributed by atoms with Gasteiger partial charge in [-0.15, -0.1) is 0 Å². The molecule has 0 aliphatic carbocycles. The van der Waals surface area contributed by atoms with Gasteiger partial charge in [-0.3, -0.25) is 9.36 Å². The molecule has 90 valence electrons. The fourth-order valence-corrected chi connectivity index (χ4v) is 1.77. The molecule has 0 aromatic heterocycles. The quantitative estimate of drug-likeness (QED) is 0.541. The van der Waals surface area contributed by atoms with E-state index in [-0.39, 0.29) is 12.6 Å². The number of ether oxygens (including phenoxy) is 1. The van der Waals surface area contributed by atoms with Gasteiger partial charge < -0.3 is 14.5 Å². The van der Waals surface area contributed by atoms with E-state index in [0.717, 1.165) is 6.42 Å². The van der Waals surface area contributed by atoms with Gasteiger partial charge in [0.15, 0.2) is 0 Å². The summed E-state index contributed by atoms with van der Waals surface area (Å²) in [5.41, 5.74) is -0.837. The van der Waals surface area contributed by atoms with Crippen molar-refractivity contribution in [3.63, 3.8) is 0 Å². The zero-order valence-electron chi connectivity index (χ0n) is 9.39. The Morgan fingerprint density at radius 3 is 2.33 bits per heavy atom. The largest absolute Gasteiger partial charge is 0.465 e. The van der Waals surface area contributed by atoms with Gasteiger partial charge in [0, 0.05) is 0 Å². The predicted molar refractivity (Wildman–Crippen MR) is 56.6 cm³/mol. The predicted octanol–water partition coefficient (Wildman–Crippen LogP) is 1.53. The summed E-state index contributed by atoms with van der Waals surface area (Å²) in [6.45, 7) is 5.48. The topological polar surface area (TPSA) is 83.8 Å². The van der Waals surface area contributed by atoms with Crippen LogP contribution in [0.25, 0.3) is 0 Å². The second-order valence-corrected chi connectivity index (χ2v) is 5.93. The molecule has 0 atom stereocenters. The van der Waals surface area contributed by atoms with Crippen LogP contribution in [0.2, 0.25) is 0 Å². The standard InChI is InChI=1S/C9H19O5P/c1-4-6-14-8(10)9(2,3)5-7-15(11,12)13/h4-7H2,1-3H3,(H2,11,12,13). The molecule has 0 aromatic rings. The third-order valence-electron chi connectivity index (χ3n) is 2.02. The Morgan fingerprint density at radius 2 is 1.93 bits per heavy atom. The number of hydrogen-bond acceptors (Lipinski definition) is 3. The molecule has 0 heterocycles. The minimum Gasteiger partial charge on any atom is -0.465 e. The van der Waals surface area contributed by atoms with E-state index in [2.05, 4.69) is 0 Å². The molecule has 15 heavy (non-hydrogen) atoms. The summed E-state index contributed by atoms with van der Waals surface area (Å²) in [5.74, 6) is -0.405. The van der Waals surface area contributed by atoms with Crippen molar-refractivity contribution in [1.29, 1.82) is 0 Å². The van der Waals surface area contributed by atoms with Crippen LogP contribution in [0.1, 0.15) is 33.6 Å². The van der Waals surface area contributed by atoms with E-state index in [1.54, 1.807) is 13.8 Å². The van der Waals surface area contributed by atoms with E-state index in [1.165, 1.54) is 0 Å². The SMILES string of the molecule is CCCOC(=O)C(C)(C)CCP(=O)(O)O. The van der Waals surface area contributed by atoms with Crippen molar-refractivity contribution in [3.05, 3.63) is 0 Å². The van der Waals surface area contributed by atoms with Crippen LogP contribution in [0.4, 0.5) is 0 Å². The van der Waals surface area contributed by atoms with E-state index in [0.29, 0.717) is 6.61 Å². The highest BCUT2D eigenvalue weighted by Gasteiger charge is 2.31. The molecule has 0 saturated heterocycles. The molecule has 0 saturated carbocycles. The molecule has 0 aromatic carbocycles. The van der Waals surface area contributed by atoms with Gasteiger partial charge in [0.25, 0.3) is 0 Å². The zero-order valence-corrected chi connectivity index (χ0v) is 10.3. The number of carbonyl (C=O) groups excluding carboxylic acids is 1. The van der Waals surface area contributed by atoms with Gasteiger partial charge in [0.05, 0.1) is 18.2 Å². The molecule has 2 N–H and O–H groups in total. The maximum absolute atomic E-state index is 11.5. The van der Waals surface area contributed by atoms with Crippen LogP contribution >= 0.6 is 7.60 Å². The van der Waals surface area contributed by atoms with Crippen LogP contribution in [0.3, 0.4) is 0 Å². The monoisotopic (exact) mass is 238 g/mol. The summed E-state index contributed by atoms with van der Waals surface area (Å²) in [6.07, 6.45) is 0.571. The Morgan fingerprint density at radius 1 is 1.40 bits per heavy atom. The minimum absolute atomic E-state index is 0.125. The van der Waals surface area contributed by atoms with E-state index in [1.807, 2.05) is 6.92 Å². The van der Waals surface area contributed by atoms with Gasteiger partial charge in [-0.1, -0.05) is 6.92 Å². The molecule has 0 radical (unpaired) electrons. The average Bonchev–Trinajstić information content (AvgIpc) is 2.10. The van der Waals surface area contributed by atoms with Crippen molar-refractivity contribution < 1.29 is 23.9 Å². The lowest BCUT2D eigenvalue weighted by Crippen LogP contribution is -2.28. The van der Waals surface area contributed by atoms with Crippen molar-refractivity contribution in [1.82, 2.24) is 0 Å². The summed E-state index contributed by atoms with van der Waals surface area (Å²) >= 11 is 0. The highest BCUT2D eigenvalue weighted by Crippen LogP contribution is 2.39. The van der Waals surface area contributed by atoms with Crippen LogP contribution in [0.5, 0.6) is 0 Å². The molecule has 0 amide bonds. The van der Waals surface area contributed by atoms with Crippen molar-refractivity contribution in [2.24, 2.45) is 5.41 Å².